The number of aliphatic imine (C=N–C) groups is 1. The Hall–Kier alpha value is -7.66. The summed E-state index contributed by atoms with van der Waals surface area (Å²) in [6.45, 7) is 10.1. The predicted octanol–water partition coefficient (Wildman–Crippen LogP) is -3.95. The molecule has 77 heavy (non-hydrogen) atoms. The molecule has 434 valence electrons. The average Bonchev–Trinajstić information content (AvgIpc) is 3.81. The summed E-state index contributed by atoms with van der Waals surface area (Å²) in [5.41, 5.74) is 21.9. The molecule has 1 aliphatic heterocycles. The molecular weight excluding hydrogens is 1020 g/mol. The highest BCUT2D eigenvalue weighted by Gasteiger charge is 2.41. The Bertz CT molecular complexity index is 2150. The van der Waals surface area contributed by atoms with Gasteiger partial charge in [-0.3, -0.25) is 62.5 Å². The summed E-state index contributed by atoms with van der Waals surface area (Å²) < 4.78 is 0. The van der Waals surface area contributed by atoms with Crippen molar-refractivity contribution in [2.45, 2.75) is 179 Å². The number of nitrogens with zero attached hydrogens (tertiary/aromatic N) is 2. The Morgan fingerprint density at radius 1 is 0.545 bits per heavy atom. The fourth-order valence-corrected chi connectivity index (χ4v) is 7.98. The van der Waals surface area contributed by atoms with E-state index in [-0.39, 0.29) is 69.4 Å². The molecule has 0 unspecified atom stereocenters. The van der Waals surface area contributed by atoms with Crippen molar-refractivity contribution in [3.05, 3.63) is 0 Å². The number of guanidine groups is 1. The van der Waals surface area contributed by atoms with Crippen molar-refractivity contribution in [3.63, 3.8) is 0 Å². The third-order valence-corrected chi connectivity index (χ3v) is 11.9. The van der Waals surface area contributed by atoms with Gasteiger partial charge in [0, 0.05) is 32.4 Å². The summed E-state index contributed by atoms with van der Waals surface area (Å²) in [4.78, 5) is 173. The van der Waals surface area contributed by atoms with Crippen LogP contribution in [-0.2, 0) is 62.3 Å². The molecule has 1 aliphatic rings. The number of nitrogens with two attached hydrogens (primary N) is 4. The van der Waals surface area contributed by atoms with Crippen LogP contribution in [-0.4, -0.2) is 176 Å². The maximum Gasteiger partial charge on any atom is 0.326 e. The Balaban J connectivity index is 3.52. The number of amides is 9. The summed E-state index contributed by atoms with van der Waals surface area (Å²) in [7, 11) is 0. The summed E-state index contributed by atoms with van der Waals surface area (Å²) >= 11 is 0. The number of carboxylic acids is 4. The smallest absolute Gasteiger partial charge is 0.326 e. The van der Waals surface area contributed by atoms with Crippen molar-refractivity contribution in [1.82, 2.24) is 42.1 Å². The zero-order valence-corrected chi connectivity index (χ0v) is 44.3. The number of primary amides is 1. The minimum Gasteiger partial charge on any atom is -0.481 e. The third-order valence-electron chi connectivity index (χ3n) is 11.9. The van der Waals surface area contributed by atoms with E-state index in [9.17, 15) is 72.5 Å². The van der Waals surface area contributed by atoms with Crippen LogP contribution in [0.1, 0.15) is 125 Å². The monoisotopic (exact) mass is 1100 g/mol. The number of hydrogen-bond acceptors (Lipinski definition) is 15. The first-order valence-corrected chi connectivity index (χ1v) is 25.2. The molecule has 1 rings (SSSR count). The Kier molecular flexibility index (Phi) is 29.2. The summed E-state index contributed by atoms with van der Waals surface area (Å²) in [5, 5.41) is 54.3. The summed E-state index contributed by atoms with van der Waals surface area (Å²) in [6, 6.07) is -13.2. The highest BCUT2D eigenvalue weighted by Crippen LogP contribution is 2.21. The van der Waals surface area contributed by atoms with Crippen molar-refractivity contribution in [3.8, 4) is 0 Å². The standard InChI is InChI=1S/C47H79N13O17/c1-22(2)19-30(41(71)57-31(20-23(3)4)42(72)59-37(24(5)6)44(74)56-29(46(76)77)13-16-35(64)65)58-43(73)32-10-8-18-60(32)45(75)28(11-14-33(49)61)55-39(69)26(9-7-17-52-47(50)51)54-40(70)27(12-15-34(62)63)53-38(68)25(48)21-36(66)67/h22-32,37H,7-21,48H2,1-6H3,(H2,49,61)(H,53,68)(H,54,70)(H,55,69)(H,56,74)(H,57,71)(H,58,73)(H,59,72)(H,62,63)(H,64,65)(H,66,67)(H,76,77)(H4,50,51,52)/t25-,26-,27-,28-,29-,30-,31-,32-,37-/m0/s1. The lowest BCUT2D eigenvalue weighted by Gasteiger charge is -2.31. The Labute approximate surface area is 445 Å². The van der Waals surface area contributed by atoms with E-state index in [1.54, 1.807) is 41.5 Å². The molecule has 0 spiro atoms. The van der Waals surface area contributed by atoms with Crippen LogP contribution in [0.15, 0.2) is 4.99 Å². The average molecular weight is 1100 g/mol. The van der Waals surface area contributed by atoms with Crippen LogP contribution in [0.4, 0.5) is 0 Å². The van der Waals surface area contributed by atoms with Crippen LogP contribution in [0.25, 0.3) is 0 Å². The van der Waals surface area contributed by atoms with Gasteiger partial charge in [0.05, 0.1) is 12.5 Å². The molecule has 1 saturated heterocycles. The molecule has 30 nitrogen and oxygen atoms in total. The number of carboxylic acid groups (broad SMARTS) is 4. The maximum atomic E-state index is 14.4. The molecule has 0 bridgehead atoms. The number of aliphatic carboxylic acids is 4. The molecular formula is C47H79N13O17. The minimum absolute atomic E-state index is 0.0242. The van der Waals surface area contributed by atoms with E-state index >= 15 is 0 Å². The van der Waals surface area contributed by atoms with E-state index < -0.39 is 182 Å². The number of rotatable bonds is 36. The van der Waals surface area contributed by atoms with Crippen molar-refractivity contribution < 1.29 is 82.8 Å². The Morgan fingerprint density at radius 2 is 1.00 bits per heavy atom. The van der Waals surface area contributed by atoms with Crippen LogP contribution in [0.2, 0.25) is 0 Å². The van der Waals surface area contributed by atoms with Crippen molar-refractivity contribution in [2.75, 3.05) is 13.1 Å². The zero-order chi connectivity index (χ0) is 58.9. The van der Waals surface area contributed by atoms with Crippen LogP contribution in [0.3, 0.4) is 0 Å². The van der Waals surface area contributed by atoms with Crippen molar-refractivity contribution in [1.29, 1.82) is 0 Å². The molecule has 9 amide bonds. The molecule has 9 atom stereocenters. The molecule has 1 heterocycles. The third kappa shape index (κ3) is 25.6. The van der Waals surface area contributed by atoms with Crippen LogP contribution in [0.5, 0.6) is 0 Å². The molecule has 0 radical (unpaired) electrons. The van der Waals surface area contributed by atoms with E-state index in [1.165, 1.54) is 0 Å². The number of nitrogens with one attached hydrogen (secondary N) is 7. The number of hydrogen-bond donors (Lipinski definition) is 15. The largest absolute Gasteiger partial charge is 0.481 e. The topological polar surface area (TPSA) is 507 Å². The van der Waals surface area contributed by atoms with Gasteiger partial charge in [-0.2, -0.15) is 0 Å². The van der Waals surface area contributed by atoms with E-state index in [0.717, 1.165) is 4.90 Å². The molecule has 0 aromatic carbocycles. The highest BCUT2D eigenvalue weighted by molar-refractivity contribution is 5.99. The lowest BCUT2D eigenvalue weighted by Crippen LogP contribution is -2.60. The SMILES string of the molecule is CC(C)C[C@H](NC(=O)[C@H](CC(C)C)NC(=O)[C@@H]1CCCN1C(=O)[C@H](CCC(N)=O)NC(=O)[C@H](CCCN=C(N)N)NC(=O)[C@H](CCC(=O)O)NC(=O)[C@@H](N)CC(=O)O)C(=O)N[C@H](C(=O)N[C@@H](CCC(=O)O)C(=O)O)C(C)C. The van der Waals surface area contributed by atoms with Gasteiger partial charge in [0.2, 0.25) is 53.2 Å². The first-order chi connectivity index (χ1) is 35.8. The number of carbonyl (C=O) groups is 13. The first-order valence-electron chi connectivity index (χ1n) is 25.2. The van der Waals surface area contributed by atoms with Crippen LogP contribution >= 0.6 is 0 Å². The highest BCUT2D eigenvalue weighted by atomic mass is 16.4. The number of carbonyl (C=O) groups excluding carboxylic acids is 9. The summed E-state index contributed by atoms with van der Waals surface area (Å²) in [5.74, 6) is -15.2. The molecule has 1 fully saturated rings. The Morgan fingerprint density at radius 3 is 1.49 bits per heavy atom. The molecule has 0 aliphatic carbocycles. The van der Waals surface area contributed by atoms with Gasteiger partial charge in [0.25, 0.3) is 0 Å². The fourth-order valence-electron chi connectivity index (χ4n) is 7.98. The van der Waals surface area contributed by atoms with Crippen molar-refractivity contribution in [2.24, 2.45) is 45.7 Å². The van der Waals surface area contributed by atoms with Crippen LogP contribution < -0.4 is 60.2 Å². The van der Waals surface area contributed by atoms with E-state index in [2.05, 4.69) is 42.2 Å². The van der Waals surface area contributed by atoms with Gasteiger partial charge in [0.1, 0.15) is 48.3 Å². The maximum absolute atomic E-state index is 14.4. The molecule has 0 aromatic rings. The van der Waals surface area contributed by atoms with Gasteiger partial charge in [-0.1, -0.05) is 41.5 Å². The van der Waals surface area contributed by atoms with Gasteiger partial charge in [-0.25, -0.2) is 4.79 Å². The lowest BCUT2D eigenvalue weighted by atomic mass is 9.98. The van der Waals surface area contributed by atoms with E-state index in [1.807, 2.05) is 0 Å². The van der Waals surface area contributed by atoms with E-state index in [4.69, 9.17) is 33.1 Å². The minimum atomic E-state index is -1.66. The van der Waals surface area contributed by atoms with Crippen LogP contribution in [0, 0.1) is 17.8 Å². The molecule has 19 N–H and O–H groups in total. The molecule has 0 aromatic heterocycles. The van der Waals surface area contributed by atoms with Gasteiger partial charge in [-0.05, 0) is 75.5 Å². The summed E-state index contributed by atoms with van der Waals surface area (Å²) in [6.07, 6.45) is -3.69. The van der Waals surface area contributed by atoms with Crippen molar-refractivity contribution >= 4 is 83.0 Å². The number of likely N-dealkylation sites (tertiary alicyclic amines) is 1. The fraction of sp³-hybridized carbons (Fsp3) is 0.702. The second-order valence-electron chi connectivity index (χ2n) is 19.9. The van der Waals surface area contributed by atoms with Gasteiger partial charge in [-0.15, -0.1) is 0 Å². The van der Waals surface area contributed by atoms with Gasteiger partial charge < -0.3 is 85.5 Å². The lowest BCUT2D eigenvalue weighted by molar-refractivity contribution is -0.144. The van der Waals surface area contributed by atoms with Gasteiger partial charge in [0.15, 0.2) is 5.96 Å². The quantitative estimate of drug-likeness (QED) is 0.0162. The zero-order valence-electron chi connectivity index (χ0n) is 44.3. The molecule has 0 saturated carbocycles. The van der Waals surface area contributed by atoms with E-state index in [0.29, 0.717) is 0 Å². The normalized spacial score (nSPS) is 16.2. The second-order valence-corrected chi connectivity index (χ2v) is 19.9. The molecule has 30 heteroatoms. The first kappa shape index (κ1) is 67.4. The predicted molar refractivity (Wildman–Crippen MR) is 272 cm³/mol. The second kappa shape index (κ2) is 33.4. The van der Waals surface area contributed by atoms with Gasteiger partial charge >= 0.3 is 23.9 Å².